The van der Waals surface area contributed by atoms with Crippen LogP contribution in [0.25, 0.3) is 10.1 Å². The largest absolute Gasteiger partial charge is 0.465 e. The van der Waals surface area contributed by atoms with Crippen molar-refractivity contribution in [3.8, 4) is 0 Å². The Hall–Kier alpha value is -1.35. The first-order valence-corrected chi connectivity index (χ1v) is 5.70. The highest BCUT2D eigenvalue weighted by Gasteiger charge is 2.08. The molecule has 0 aliphatic carbocycles. The number of rotatable bonds is 1. The molecule has 0 aliphatic heterocycles. The zero-order valence-electron chi connectivity index (χ0n) is 9.11. The van der Waals surface area contributed by atoms with Gasteiger partial charge in [0.2, 0.25) is 0 Å². The maximum atomic E-state index is 11.2. The van der Waals surface area contributed by atoms with Crippen LogP contribution >= 0.6 is 11.3 Å². The first-order valence-electron chi connectivity index (χ1n) is 4.88. The fourth-order valence-electron chi connectivity index (χ4n) is 1.18. The van der Waals surface area contributed by atoms with E-state index in [2.05, 4.69) is 4.74 Å². The van der Waals surface area contributed by atoms with Crippen LogP contribution in [0.4, 0.5) is 0 Å². The minimum Gasteiger partial charge on any atom is -0.465 e. The van der Waals surface area contributed by atoms with Gasteiger partial charge < -0.3 is 4.74 Å². The predicted octanol–water partition coefficient (Wildman–Crippen LogP) is 3.71. The van der Waals surface area contributed by atoms with Crippen LogP contribution < -0.4 is 0 Å². The monoisotopic (exact) mass is 222 g/mol. The molecule has 3 heteroatoms. The number of hydrogen-bond donors (Lipinski definition) is 0. The van der Waals surface area contributed by atoms with Crippen molar-refractivity contribution in [3.63, 3.8) is 0 Å². The van der Waals surface area contributed by atoms with Gasteiger partial charge in [-0.15, -0.1) is 11.3 Å². The van der Waals surface area contributed by atoms with Gasteiger partial charge in [-0.25, -0.2) is 4.79 Å². The van der Waals surface area contributed by atoms with Crippen molar-refractivity contribution in [3.05, 3.63) is 35.2 Å². The average Bonchev–Trinajstić information content (AvgIpc) is 2.74. The molecule has 0 amide bonds. The molecular formula is C12H14O2S. The Labute approximate surface area is 93.5 Å². The van der Waals surface area contributed by atoms with E-state index in [1.807, 2.05) is 44.2 Å². The Morgan fingerprint density at radius 3 is 2.53 bits per heavy atom. The van der Waals surface area contributed by atoms with E-state index in [9.17, 15) is 4.79 Å². The van der Waals surface area contributed by atoms with Crippen LogP contribution in [0.1, 0.15) is 23.5 Å². The molecule has 0 saturated carbocycles. The minimum absolute atomic E-state index is 0.263. The van der Waals surface area contributed by atoms with Gasteiger partial charge in [-0.1, -0.05) is 32.0 Å². The van der Waals surface area contributed by atoms with E-state index in [0.717, 1.165) is 10.1 Å². The van der Waals surface area contributed by atoms with E-state index in [1.54, 1.807) is 0 Å². The molecule has 0 spiro atoms. The lowest BCUT2D eigenvalue weighted by molar-refractivity contribution is 0.0606. The molecule has 0 radical (unpaired) electrons. The molecule has 0 bridgehead atoms. The van der Waals surface area contributed by atoms with Crippen LogP contribution in [-0.2, 0) is 4.74 Å². The van der Waals surface area contributed by atoms with Crippen molar-refractivity contribution in [2.75, 3.05) is 7.11 Å². The summed E-state index contributed by atoms with van der Waals surface area (Å²) in [5, 5.41) is 1.09. The molecule has 0 fully saturated rings. The molecule has 2 aromatic rings. The Balaban J connectivity index is 0.000000531. The average molecular weight is 222 g/mol. The highest BCUT2D eigenvalue weighted by Crippen LogP contribution is 2.25. The number of esters is 1. The van der Waals surface area contributed by atoms with Crippen LogP contribution in [-0.4, -0.2) is 13.1 Å². The van der Waals surface area contributed by atoms with Crippen LogP contribution in [0.3, 0.4) is 0 Å². The van der Waals surface area contributed by atoms with E-state index in [4.69, 9.17) is 0 Å². The van der Waals surface area contributed by atoms with Gasteiger partial charge >= 0.3 is 5.97 Å². The third-order valence-corrected chi connectivity index (χ3v) is 2.91. The number of thiophene rings is 1. The summed E-state index contributed by atoms with van der Waals surface area (Å²) in [5.41, 5.74) is 0. The smallest absolute Gasteiger partial charge is 0.348 e. The van der Waals surface area contributed by atoms with Gasteiger partial charge in [-0.3, -0.25) is 0 Å². The highest BCUT2D eigenvalue weighted by molar-refractivity contribution is 7.20. The lowest BCUT2D eigenvalue weighted by atomic mass is 10.2. The van der Waals surface area contributed by atoms with Gasteiger partial charge in [0.05, 0.1) is 7.11 Å². The van der Waals surface area contributed by atoms with E-state index in [-0.39, 0.29) is 5.97 Å². The summed E-state index contributed by atoms with van der Waals surface area (Å²) >= 11 is 1.46. The summed E-state index contributed by atoms with van der Waals surface area (Å²) in [4.78, 5) is 11.8. The van der Waals surface area contributed by atoms with Gasteiger partial charge in [0.25, 0.3) is 0 Å². The molecule has 0 saturated heterocycles. The predicted molar refractivity (Wildman–Crippen MR) is 64.5 cm³/mol. The molecule has 15 heavy (non-hydrogen) atoms. The second-order valence-electron chi connectivity index (χ2n) is 2.64. The summed E-state index contributed by atoms with van der Waals surface area (Å²) in [5.74, 6) is -0.263. The molecule has 0 N–H and O–H groups in total. The third kappa shape index (κ3) is 2.57. The van der Waals surface area contributed by atoms with E-state index < -0.39 is 0 Å². The number of methoxy groups -OCH3 is 1. The van der Waals surface area contributed by atoms with Crippen LogP contribution in [0.15, 0.2) is 30.3 Å². The molecule has 80 valence electrons. The summed E-state index contributed by atoms with van der Waals surface area (Å²) in [7, 11) is 1.40. The maximum absolute atomic E-state index is 11.2. The maximum Gasteiger partial charge on any atom is 0.348 e. The lowest BCUT2D eigenvalue weighted by Crippen LogP contribution is -1.96. The number of ether oxygens (including phenoxy) is 1. The van der Waals surface area contributed by atoms with E-state index >= 15 is 0 Å². The van der Waals surface area contributed by atoms with E-state index in [1.165, 1.54) is 18.4 Å². The van der Waals surface area contributed by atoms with Crippen molar-refractivity contribution in [2.45, 2.75) is 13.8 Å². The van der Waals surface area contributed by atoms with Gasteiger partial charge in [-0.2, -0.15) is 0 Å². The van der Waals surface area contributed by atoms with E-state index in [0.29, 0.717) is 4.88 Å². The molecule has 0 atom stereocenters. The number of carbonyl (C=O) groups excluding carboxylic acids is 1. The Kier molecular flexibility index (Phi) is 4.31. The van der Waals surface area contributed by atoms with Crippen molar-refractivity contribution in [1.82, 2.24) is 0 Å². The minimum atomic E-state index is -0.263. The fraction of sp³-hybridized carbons (Fsp3) is 0.250. The molecule has 1 aromatic heterocycles. The fourth-order valence-corrected chi connectivity index (χ4v) is 2.16. The van der Waals surface area contributed by atoms with Gasteiger partial charge in [0.15, 0.2) is 0 Å². The van der Waals surface area contributed by atoms with Crippen molar-refractivity contribution >= 4 is 27.4 Å². The number of fused-ring (bicyclic) bond motifs is 1. The molecule has 1 heterocycles. The molecule has 2 rings (SSSR count). The zero-order valence-corrected chi connectivity index (χ0v) is 9.93. The first kappa shape index (κ1) is 11.7. The highest BCUT2D eigenvalue weighted by atomic mass is 32.1. The molecule has 0 unspecified atom stereocenters. The van der Waals surface area contributed by atoms with Crippen LogP contribution in [0.2, 0.25) is 0 Å². The second kappa shape index (κ2) is 5.51. The lowest BCUT2D eigenvalue weighted by Gasteiger charge is -1.90. The van der Waals surface area contributed by atoms with Crippen molar-refractivity contribution in [1.29, 1.82) is 0 Å². The Morgan fingerprint density at radius 1 is 1.27 bits per heavy atom. The van der Waals surface area contributed by atoms with Crippen molar-refractivity contribution in [2.24, 2.45) is 0 Å². The summed E-state index contributed by atoms with van der Waals surface area (Å²) in [6, 6.07) is 9.74. The summed E-state index contributed by atoms with van der Waals surface area (Å²) < 4.78 is 5.75. The SMILES string of the molecule is CC.COC(=O)c1cc2ccccc2s1. The Morgan fingerprint density at radius 2 is 1.93 bits per heavy atom. The number of carbonyl (C=O) groups is 1. The topological polar surface area (TPSA) is 26.3 Å². The van der Waals surface area contributed by atoms with Crippen molar-refractivity contribution < 1.29 is 9.53 Å². The second-order valence-corrected chi connectivity index (χ2v) is 3.72. The quantitative estimate of drug-likeness (QED) is 0.687. The van der Waals surface area contributed by atoms with Crippen LogP contribution in [0.5, 0.6) is 0 Å². The van der Waals surface area contributed by atoms with Gasteiger partial charge in [0, 0.05) is 4.70 Å². The Bertz CT molecular complexity index is 413. The first-order chi connectivity index (χ1) is 7.31. The molecule has 2 nitrogen and oxygen atoms in total. The normalized spacial score (nSPS) is 9.27. The van der Waals surface area contributed by atoms with Gasteiger partial charge in [-0.05, 0) is 17.5 Å². The van der Waals surface area contributed by atoms with Gasteiger partial charge in [0.1, 0.15) is 4.88 Å². The number of benzene rings is 1. The molecule has 0 aliphatic rings. The summed E-state index contributed by atoms with van der Waals surface area (Å²) in [6.45, 7) is 4.00. The molecule has 1 aromatic carbocycles. The number of hydrogen-bond acceptors (Lipinski definition) is 3. The standard InChI is InChI=1S/C10H8O2S.C2H6/c1-12-10(11)9-6-7-4-2-3-5-8(7)13-9;1-2/h2-6H,1H3;1-2H3. The zero-order chi connectivity index (χ0) is 11.3. The third-order valence-electron chi connectivity index (χ3n) is 1.81. The summed E-state index contributed by atoms with van der Waals surface area (Å²) in [6.07, 6.45) is 0. The van der Waals surface area contributed by atoms with Crippen LogP contribution in [0, 0.1) is 0 Å². The molecular weight excluding hydrogens is 208 g/mol.